The van der Waals surface area contributed by atoms with Crippen LogP contribution in [0.4, 0.5) is 0 Å². The topological polar surface area (TPSA) is 63.7 Å². The third-order valence-corrected chi connectivity index (χ3v) is 3.52. The first kappa shape index (κ1) is 16.3. The lowest BCUT2D eigenvalue weighted by Crippen LogP contribution is -2.08. The van der Waals surface area contributed by atoms with Gasteiger partial charge < -0.3 is 4.74 Å². The smallest absolute Gasteiger partial charge is 0.186 e. The molecule has 0 amide bonds. The van der Waals surface area contributed by atoms with Gasteiger partial charge in [-0.2, -0.15) is 5.26 Å². The molecule has 0 saturated heterocycles. The van der Waals surface area contributed by atoms with Gasteiger partial charge in [0.1, 0.15) is 11.8 Å². The van der Waals surface area contributed by atoms with Crippen molar-refractivity contribution in [2.75, 3.05) is 6.61 Å². The summed E-state index contributed by atoms with van der Waals surface area (Å²) < 4.78 is 7.47. The minimum absolute atomic E-state index is 0.231. The molecule has 5 nitrogen and oxygen atoms in total. The van der Waals surface area contributed by atoms with Crippen LogP contribution in [0.5, 0.6) is 5.75 Å². The number of hydrogen-bond donors (Lipinski definition) is 0. The SMILES string of the molecule is CC(C)c1c(C#N)nnn1CCCCOc1ccc(Cl)cc1. The second-order valence-electron chi connectivity index (χ2n) is 5.32. The maximum atomic E-state index is 9.04. The number of hydrogen-bond acceptors (Lipinski definition) is 4. The van der Waals surface area contributed by atoms with Crippen LogP contribution in [-0.4, -0.2) is 21.6 Å². The molecule has 0 aliphatic rings. The number of aromatic nitrogens is 3. The number of unbranched alkanes of at least 4 members (excludes halogenated alkanes) is 1. The molecule has 116 valence electrons. The molecule has 1 aromatic heterocycles. The molecule has 0 aliphatic heterocycles. The van der Waals surface area contributed by atoms with Crippen LogP contribution in [0, 0.1) is 11.3 Å². The maximum absolute atomic E-state index is 9.04. The summed E-state index contributed by atoms with van der Waals surface area (Å²) in [6, 6.07) is 9.43. The van der Waals surface area contributed by atoms with Crippen LogP contribution in [0.1, 0.15) is 44.0 Å². The molecule has 22 heavy (non-hydrogen) atoms. The first-order valence-corrected chi connectivity index (χ1v) is 7.71. The van der Waals surface area contributed by atoms with Crippen molar-refractivity contribution in [3.8, 4) is 11.8 Å². The van der Waals surface area contributed by atoms with Crippen molar-refractivity contribution in [1.82, 2.24) is 15.0 Å². The average Bonchev–Trinajstić information content (AvgIpc) is 2.92. The Hall–Kier alpha value is -2.06. The van der Waals surface area contributed by atoms with E-state index in [2.05, 4.69) is 16.4 Å². The molecular formula is C16H19ClN4O. The summed E-state index contributed by atoms with van der Waals surface area (Å²) in [6.07, 6.45) is 1.82. The van der Waals surface area contributed by atoms with Gasteiger partial charge >= 0.3 is 0 Å². The van der Waals surface area contributed by atoms with Crippen LogP contribution >= 0.6 is 11.6 Å². The largest absolute Gasteiger partial charge is 0.494 e. The summed E-state index contributed by atoms with van der Waals surface area (Å²) in [5.74, 6) is 1.05. The van der Waals surface area contributed by atoms with E-state index < -0.39 is 0 Å². The molecule has 0 aliphatic carbocycles. The Labute approximate surface area is 135 Å². The molecule has 0 radical (unpaired) electrons. The van der Waals surface area contributed by atoms with Crippen molar-refractivity contribution in [1.29, 1.82) is 5.26 Å². The van der Waals surface area contributed by atoms with Gasteiger partial charge in [-0.15, -0.1) is 5.10 Å². The van der Waals surface area contributed by atoms with E-state index in [-0.39, 0.29) is 5.92 Å². The van der Waals surface area contributed by atoms with Crippen molar-refractivity contribution in [3.63, 3.8) is 0 Å². The second kappa shape index (κ2) is 7.81. The summed E-state index contributed by atoms with van der Waals surface area (Å²) in [6.45, 7) is 5.46. The van der Waals surface area contributed by atoms with E-state index in [1.54, 1.807) is 0 Å². The highest BCUT2D eigenvalue weighted by Crippen LogP contribution is 2.18. The fourth-order valence-electron chi connectivity index (χ4n) is 2.22. The van der Waals surface area contributed by atoms with Gasteiger partial charge in [0.05, 0.1) is 12.3 Å². The average molecular weight is 319 g/mol. The van der Waals surface area contributed by atoms with Gasteiger partial charge in [-0.05, 0) is 43.0 Å². The van der Waals surface area contributed by atoms with Gasteiger partial charge in [-0.25, -0.2) is 4.68 Å². The van der Waals surface area contributed by atoms with E-state index in [0.717, 1.165) is 30.8 Å². The molecule has 1 aromatic carbocycles. The summed E-state index contributed by atoms with van der Waals surface area (Å²) >= 11 is 5.82. The van der Waals surface area contributed by atoms with Crippen LogP contribution in [0.25, 0.3) is 0 Å². The highest BCUT2D eigenvalue weighted by Gasteiger charge is 2.15. The number of ether oxygens (including phenoxy) is 1. The van der Waals surface area contributed by atoms with E-state index in [4.69, 9.17) is 21.6 Å². The van der Waals surface area contributed by atoms with Crippen molar-refractivity contribution >= 4 is 11.6 Å². The van der Waals surface area contributed by atoms with Gasteiger partial charge in [0.15, 0.2) is 5.69 Å². The highest BCUT2D eigenvalue weighted by molar-refractivity contribution is 6.30. The maximum Gasteiger partial charge on any atom is 0.186 e. The molecule has 0 atom stereocenters. The summed E-state index contributed by atoms with van der Waals surface area (Å²) in [5, 5.41) is 17.7. The van der Waals surface area contributed by atoms with Crippen LogP contribution < -0.4 is 4.74 Å². The predicted octanol–water partition coefficient (Wildman–Crippen LogP) is 3.79. The Kier molecular flexibility index (Phi) is 5.79. The molecule has 0 bridgehead atoms. The van der Waals surface area contributed by atoms with Gasteiger partial charge in [-0.3, -0.25) is 0 Å². The molecule has 0 fully saturated rings. The Morgan fingerprint density at radius 2 is 2.00 bits per heavy atom. The van der Waals surface area contributed by atoms with E-state index in [1.165, 1.54) is 0 Å². The molecule has 6 heteroatoms. The molecule has 2 rings (SSSR count). The van der Waals surface area contributed by atoms with Gasteiger partial charge in [0.25, 0.3) is 0 Å². The summed E-state index contributed by atoms with van der Waals surface area (Å²) in [5.41, 5.74) is 1.33. The highest BCUT2D eigenvalue weighted by atomic mass is 35.5. The van der Waals surface area contributed by atoms with Crippen LogP contribution in [0.2, 0.25) is 5.02 Å². The summed E-state index contributed by atoms with van der Waals surface area (Å²) in [4.78, 5) is 0. The van der Waals surface area contributed by atoms with E-state index >= 15 is 0 Å². The van der Waals surface area contributed by atoms with E-state index in [1.807, 2.05) is 42.8 Å². The van der Waals surface area contributed by atoms with Crippen LogP contribution in [0.3, 0.4) is 0 Å². The van der Waals surface area contributed by atoms with Gasteiger partial charge in [0.2, 0.25) is 0 Å². The molecule has 0 spiro atoms. The van der Waals surface area contributed by atoms with Crippen molar-refractivity contribution in [2.45, 2.75) is 39.2 Å². The monoisotopic (exact) mass is 318 g/mol. The lowest BCUT2D eigenvalue weighted by Gasteiger charge is -2.09. The Balaban J connectivity index is 1.78. The molecule has 2 aromatic rings. The second-order valence-corrected chi connectivity index (χ2v) is 5.76. The fourth-order valence-corrected chi connectivity index (χ4v) is 2.35. The number of rotatable bonds is 7. The molecule has 1 heterocycles. The van der Waals surface area contributed by atoms with Crippen molar-refractivity contribution in [2.24, 2.45) is 0 Å². The first-order valence-electron chi connectivity index (χ1n) is 7.33. The van der Waals surface area contributed by atoms with Gasteiger partial charge in [0, 0.05) is 11.6 Å². The normalized spacial score (nSPS) is 10.7. The molecule has 0 N–H and O–H groups in total. The van der Waals surface area contributed by atoms with Crippen LogP contribution in [0.15, 0.2) is 24.3 Å². The standard InChI is InChI=1S/C16H19ClN4O/c1-12(2)16-15(11-18)19-20-21(16)9-3-4-10-22-14-7-5-13(17)6-8-14/h5-8,12H,3-4,9-10H2,1-2H3. The van der Waals surface area contributed by atoms with Crippen molar-refractivity contribution < 1.29 is 4.74 Å². The third-order valence-electron chi connectivity index (χ3n) is 3.27. The molecule has 0 saturated carbocycles. The number of nitriles is 1. The Bertz CT molecular complexity index is 643. The number of nitrogens with zero attached hydrogens (tertiary/aromatic N) is 4. The number of halogens is 1. The van der Waals surface area contributed by atoms with Gasteiger partial charge in [-0.1, -0.05) is 30.7 Å². The zero-order chi connectivity index (χ0) is 15.9. The molecule has 0 unspecified atom stereocenters. The van der Waals surface area contributed by atoms with Crippen LogP contribution in [-0.2, 0) is 6.54 Å². The van der Waals surface area contributed by atoms with E-state index in [0.29, 0.717) is 17.3 Å². The Morgan fingerprint density at radius 3 is 2.64 bits per heavy atom. The Morgan fingerprint density at radius 1 is 1.27 bits per heavy atom. The lowest BCUT2D eigenvalue weighted by molar-refractivity contribution is 0.301. The van der Waals surface area contributed by atoms with Crippen molar-refractivity contribution in [3.05, 3.63) is 40.7 Å². The summed E-state index contributed by atoms with van der Waals surface area (Å²) in [7, 11) is 0. The third kappa shape index (κ3) is 4.22. The first-order chi connectivity index (χ1) is 10.6. The molecular weight excluding hydrogens is 300 g/mol. The zero-order valence-corrected chi connectivity index (χ0v) is 13.5. The quantitative estimate of drug-likeness (QED) is 0.729. The minimum Gasteiger partial charge on any atom is -0.494 e. The number of benzene rings is 1. The predicted molar refractivity (Wildman–Crippen MR) is 85.0 cm³/mol. The van der Waals surface area contributed by atoms with E-state index in [9.17, 15) is 0 Å². The zero-order valence-electron chi connectivity index (χ0n) is 12.8. The fraction of sp³-hybridized carbons (Fsp3) is 0.438. The number of aryl methyl sites for hydroxylation is 1. The minimum atomic E-state index is 0.231. The lowest BCUT2D eigenvalue weighted by atomic mass is 10.1.